The standard InChI is InChI=1S/C12H11N3O2/c1-8-3-2-4-10(14-8)15-12(17)9-5-6-13-11(16)7-9/h2-7H,1H3,(H,13,16)(H,14,15,17). The summed E-state index contributed by atoms with van der Waals surface area (Å²) in [6.45, 7) is 1.84. The molecule has 0 fully saturated rings. The fraction of sp³-hybridized carbons (Fsp3) is 0.0833. The minimum absolute atomic E-state index is 0.303. The van der Waals surface area contributed by atoms with Gasteiger partial charge in [0.2, 0.25) is 5.56 Å². The molecule has 0 spiro atoms. The number of aromatic amines is 1. The van der Waals surface area contributed by atoms with E-state index < -0.39 is 0 Å². The predicted octanol–water partition coefficient (Wildman–Crippen LogP) is 1.33. The summed E-state index contributed by atoms with van der Waals surface area (Å²) < 4.78 is 0. The molecular weight excluding hydrogens is 218 g/mol. The quantitative estimate of drug-likeness (QED) is 0.815. The van der Waals surface area contributed by atoms with Crippen LogP contribution in [0.15, 0.2) is 41.3 Å². The molecule has 0 atom stereocenters. The van der Waals surface area contributed by atoms with Crippen molar-refractivity contribution in [3.05, 3.63) is 58.1 Å². The van der Waals surface area contributed by atoms with Gasteiger partial charge >= 0.3 is 0 Å². The highest BCUT2D eigenvalue weighted by molar-refractivity contribution is 6.03. The van der Waals surface area contributed by atoms with E-state index in [1.807, 2.05) is 13.0 Å². The summed E-state index contributed by atoms with van der Waals surface area (Å²) in [5, 5.41) is 2.62. The lowest BCUT2D eigenvalue weighted by atomic mass is 10.2. The molecule has 0 radical (unpaired) electrons. The van der Waals surface area contributed by atoms with Crippen molar-refractivity contribution in [2.24, 2.45) is 0 Å². The van der Waals surface area contributed by atoms with Gasteiger partial charge in [-0.3, -0.25) is 9.59 Å². The minimum atomic E-state index is -0.353. The van der Waals surface area contributed by atoms with E-state index in [4.69, 9.17) is 0 Å². The van der Waals surface area contributed by atoms with Crippen LogP contribution in [0.3, 0.4) is 0 Å². The van der Waals surface area contributed by atoms with Crippen molar-refractivity contribution in [2.75, 3.05) is 5.32 Å². The Morgan fingerprint density at radius 1 is 1.35 bits per heavy atom. The number of hydrogen-bond donors (Lipinski definition) is 2. The number of aromatic nitrogens is 2. The molecule has 17 heavy (non-hydrogen) atoms. The van der Waals surface area contributed by atoms with Gasteiger partial charge in [0, 0.05) is 23.5 Å². The Balaban J connectivity index is 2.20. The summed E-state index contributed by atoms with van der Waals surface area (Å²) in [5.41, 5.74) is 0.806. The highest BCUT2D eigenvalue weighted by atomic mass is 16.2. The van der Waals surface area contributed by atoms with Crippen LogP contribution >= 0.6 is 0 Å². The van der Waals surface area contributed by atoms with Gasteiger partial charge in [-0.25, -0.2) is 4.98 Å². The van der Waals surface area contributed by atoms with E-state index in [1.165, 1.54) is 18.3 Å². The van der Waals surface area contributed by atoms with Gasteiger partial charge in [-0.1, -0.05) is 6.07 Å². The number of amides is 1. The number of anilines is 1. The second kappa shape index (κ2) is 4.61. The monoisotopic (exact) mass is 229 g/mol. The van der Waals surface area contributed by atoms with E-state index in [9.17, 15) is 9.59 Å². The number of pyridine rings is 2. The Morgan fingerprint density at radius 2 is 2.18 bits per heavy atom. The molecule has 1 amide bonds. The normalized spacial score (nSPS) is 9.94. The maximum atomic E-state index is 11.8. The van der Waals surface area contributed by atoms with Crippen LogP contribution in [-0.2, 0) is 0 Å². The molecule has 5 nitrogen and oxygen atoms in total. The van der Waals surface area contributed by atoms with Crippen molar-refractivity contribution >= 4 is 11.7 Å². The number of H-pyrrole nitrogens is 1. The van der Waals surface area contributed by atoms with Gasteiger partial charge in [-0.05, 0) is 25.1 Å². The first-order valence-corrected chi connectivity index (χ1v) is 5.09. The van der Waals surface area contributed by atoms with Crippen molar-refractivity contribution in [1.82, 2.24) is 9.97 Å². The second-order valence-electron chi connectivity index (χ2n) is 3.56. The fourth-order valence-electron chi connectivity index (χ4n) is 1.39. The predicted molar refractivity (Wildman–Crippen MR) is 64.0 cm³/mol. The SMILES string of the molecule is Cc1cccc(NC(=O)c2cc[nH]c(=O)c2)n1. The number of hydrogen-bond acceptors (Lipinski definition) is 3. The maximum Gasteiger partial charge on any atom is 0.257 e. The van der Waals surface area contributed by atoms with Crippen molar-refractivity contribution < 1.29 is 4.79 Å². The molecule has 5 heteroatoms. The van der Waals surface area contributed by atoms with Crippen molar-refractivity contribution in [3.8, 4) is 0 Å². The summed E-state index contributed by atoms with van der Waals surface area (Å²) >= 11 is 0. The number of nitrogens with one attached hydrogen (secondary N) is 2. The average molecular weight is 229 g/mol. The van der Waals surface area contributed by atoms with Crippen LogP contribution < -0.4 is 10.9 Å². The van der Waals surface area contributed by atoms with Gasteiger partial charge in [-0.15, -0.1) is 0 Å². The second-order valence-corrected chi connectivity index (χ2v) is 3.56. The lowest BCUT2D eigenvalue weighted by Gasteiger charge is -2.04. The lowest BCUT2D eigenvalue weighted by molar-refractivity contribution is 0.102. The smallest absolute Gasteiger partial charge is 0.257 e. The number of rotatable bonds is 2. The number of carbonyl (C=O) groups excluding carboxylic acids is 1. The van der Waals surface area contributed by atoms with Gasteiger partial charge in [-0.2, -0.15) is 0 Å². The third-order valence-electron chi connectivity index (χ3n) is 2.17. The van der Waals surface area contributed by atoms with E-state index in [0.29, 0.717) is 11.4 Å². The van der Waals surface area contributed by atoms with Crippen LogP contribution in [0.1, 0.15) is 16.1 Å². The molecule has 0 aliphatic heterocycles. The molecule has 0 unspecified atom stereocenters. The van der Waals surface area contributed by atoms with Gasteiger partial charge in [0.25, 0.3) is 5.91 Å². The van der Waals surface area contributed by atoms with Crippen LogP contribution in [0.4, 0.5) is 5.82 Å². The maximum absolute atomic E-state index is 11.8. The molecule has 0 aliphatic rings. The zero-order valence-electron chi connectivity index (χ0n) is 9.23. The van der Waals surface area contributed by atoms with Gasteiger partial charge in [0.1, 0.15) is 5.82 Å². The third kappa shape index (κ3) is 2.78. The molecule has 2 N–H and O–H groups in total. The Bertz CT molecular complexity index is 604. The van der Waals surface area contributed by atoms with Crippen LogP contribution in [0, 0.1) is 6.92 Å². The molecule has 0 saturated heterocycles. The molecular formula is C12H11N3O2. The molecule has 0 aromatic carbocycles. The van der Waals surface area contributed by atoms with E-state index in [-0.39, 0.29) is 11.5 Å². The van der Waals surface area contributed by atoms with E-state index in [1.54, 1.807) is 12.1 Å². The van der Waals surface area contributed by atoms with Gasteiger partial charge in [0.15, 0.2) is 0 Å². The molecule has 2 aromatic rings. The fourth-order valence-corrected chi connectivity index (χ4v) is 1.39. The molecule has 2 aromatic heterocycles. The first kappa shape index (κ1) is 11.1. The van der Waals surface area contributed by atoms with Crippen LogP contribution in [0.2, 0.25) is 0 Å². The first-order chi connectivity index (χ1) is 8.15. The topological polar surface area (TPSA) is 74.8 Å². The zero-order valence-corrected chi connectivity index (χ0v) is 9.23. The average Bonchev–Trinajstić information content (AvgIpc) is 2.29. The molecule has 0 bridgehead atoms. The number of nitrogens with zero attached hydrogens (tertiary/aromatic N) is 1. The molecule has 0 saturated carbocycles. The van der Waals surface area contributed by atoms with Crippen LogP contribution in [-0.4, -0.2) is 15.9 Å². The van der Waals surface area contributed by atoms with E-state index in [2.05, 4.69) is 15.3 Å². The van der Waals surface area contributed by atoms with Crippen LogP contribution in [0.5, 0.6) is 0 Å². The van der Waals surface area contributed by atoms with Crippen LogP contribution in [0.25, 0.3) is 0 Å². The molecule has 2 heterocycles. The summed E-state index contributed by atoms with van der Waals surface area (Å²) in [6.07, 6.45) is 1.43. The highest BCUT2D eigenvalue weighted by Crippen LogP contribution is 2.05. The van der Waals surface area contributed by atoms with E-state index >= 15 is 0 Å². The number of aryl methyl sites for hydroxylation is 1. The highest BCUT2D eigenvalue weighted by Gasteiger charge is 2.06. The molecule has 86 valence electrons. The molecule has 2 rings (SSSR count). The van der Waals surface area contributed by atoms with Gasteiger partial charge < -0.3 is 10.3 Å². The lowest BCUT2D eigenvalue weighted by Crippen LogP contribution is -2.16. The largest absolute Gasteiger partial charge is 0.329 e. The summed E-state index contributed by atoms with van der Waals surface area (Å²) in [5.74, 6) is 0.115. The summed E-state index contributed by atoms with van der Waals surface area (Å²) in [6, 6.07) is 8.11. The van der Waals surface area contributed by atoms with Crippen molar-refractivity contribution in [1.29, 1.82) is 0 Å². The summed E-state index contributed by atoms with van der Waals surface area (Å²) in [7, 11) is 0. The zero-order chi connectivity index (χ0) is 12.3. The molecule has 0 aliphatic carbocycles. The van der Waals surface area contributed by atoms with Crippen molar-refractivity contribution in [3.63, 3.8) is 0 Å². The Morgan fingerprint density at radius 3 is 2.88 bits per heavy atom. The Labute approximate surface area is 97.5 Å². The minimum Gasteiger partial charge on any atom is -0.329 e. The third-order valence-corrected chi connectivity index (χ3v) is 2.17. The van der Waals surface area contributed by atoms with Crippen molar-refractivity contribution in [2.45, 2.75) is 6.92 Å². The van der Waals surface area contributed by atoms with Gasteiger partial charge in [0.05, 0.1) is 0 Å². The summed E-state index contributed by atoms with van der Waals surface area (Å²) in [4.78, 5) is 29.4. The first-order valence-electron chi connectivity index (χ1n) is 5.09. The van der Waals surface area contributed by atoms with E-state index in [0.717, 1.165) is 5.69 Å². The Hall–Kier alpha value is -2.43. The number of carbonyl (C=O) groups is 1. The Kier molecular flexibility index (Phi) is 3.00.